The first-order valence-corrected chi connectivity index (χ1v) is 9.68. The highest BCUT2D eigenvalue weighted by Gasteiger charge is 2.22. The molecule has 0 aliphatic carbocycles. The van der Waals surface area contributed by atoms with Crippen molar-refractivity contribution in [3.8, 4) is 11.5 Å². The monoisotopic (exact) mass is 389 g/mol. The third-order valence-electron chi connectivity index (χ3n) is 3.97. The largest absolute Gasteiger partial charge is 0.486 e. The molecule has 7 nitrogen and oxygen atoms in total. The van der Waals surface area contributed by atoms with Gasteiger partial charge in [0.25, 0.3) is 10.0 Å². The van der Waals surface area contributed by atoms with E-state index in [1.165, 1.54) is 30.6 Å². The van der Waals surface area contributed by atoms with Crippen molar-refractivity contribution < 1.29 is 22.3 Å². The number of benzene rings is 2. The van der Waals surface area contributed by atoms with Crippen molar-refractivity contribution in [3.63, 3.8) is 0 Å². The average Bonchev–Trinajstić information content (AvgIpc) is 3.08. The van der Waals surface area contributed by atoms with Crippen LogP contribution in [0.25, 0.3) is 0 Å². The van der Waals surface area contributed by atoms with Crippen LogP contribution in [0.5, 0.6) is 11.5 Å². The Labute approximate surface area is 155 Å². The number of nitrogens with zero attached hydrogens (tertiary/aromatic N) is 2. The summed E-state index contributed by atoms with van der Waals surface area (Å²) in [5.41, 5.74) is 0.232. The standard InChI is InChI=1S/C18H16FN3O4S/c19-15-5-1-4-8-18(15)27(23,24)21-13-9-20-22(10-13)11-14-12-25-16-6-2-3-7-17(16)26-14/h1-10,14,21H,11-12H2. The highest BCUT2D eigenvalue weighted by atomic mass is 32.2. The average molecular weight is 389 g/mol. The van der Waals surface area contributed by atoms with Crippen LogP contribution in [0.15, 0.2) is 65.8 Å². The van der Waals surface area contributed by atoms with Gasteiger partial charge in [0, 0.05) is 6.20 Å². The Balaban J connectivity index is 1.44. The minimum Gasteiger partial charge on any atom is -0.486 e. The summed E-state index contributed by atoms with van der Waals surface area (Å²) >= 11 is 0. The summed E-state index contributed by atoms with van der Waals surface area (Å²) < 4.78 is 53.8. The Morgan fingerprint density at radius 2 is 1.89 bits per heavy atom. The Kier molecular flexibility index (Phi) is 4.44. The first-order valence-electron chi connectivity index (χ1n) is 8.19. The lowest BCUT2D eigenvalue weighted by molar-refractivity contribution is 0.0759. The van der Waals surface area contributed by atoms with Crippen molar-refractivity contribution in [2.75, 3.05) is 11.3 Å². The first kappa shape index (κ1) is 17.3. The molecule has 3 aromatic rings. The van der Waals surface area contributed by atoms with Gasteiger partial charge in [-0.3, -0.25) is 9.40 Å². The number of hydrogen-bond donors (Lipinski definition) is 1. The Bertz CT molecular complexity index is 1070. The topological polar surface area (TPSA) is 82.5 Å². The van der Waals surface area contributed by atoms with Crippen molar-refractivity contribution in [3.05, 3.63) is 66.7 Å². The predicted molar refractivity (Wildman–Crippen MR) is 95.8 cm³/mol. The zero-order chi connectivity index (χ0) is 18.9. The van der Waals surface area contributed by atoms with Gasteiger partial charge in [0.05, 0.1) is 18.4 Å². The molecular formula is C18H16FN3O4S. The van der Waals surface area contributed by atoms with Gasteiger partial charge in [0.15, 0.2) is 17.6 Å². The number of rotatable bonds is 5. The fourth-order valence-corrected chi connectivity index (χ4v) is 3.86. The molecule has 1 atom stereocenters. The van der Waals surface area contributed by atoms with Crippen LogP contribution in [-0.4, -0.2) is 30.9 Å². The third-order valence-corrected chi connectivity index (χ3v) is 5.38. The van der Waals surface area contributed by atoms with Crippen molar-refractivity contribution in [2.24, 2.45) is 0 Å². The Morgan fingerprint density at radius 3 is 2.70 bits per heavy atom. The SMILES string of the molecule is O=S(=O)(Nc1cnn(CC2COc3ccccc3O2)c1)c1ccccc1F. The number of para-hydroxylation sites is 2. The summed E-state index contributed by atoms with van der Waals surface area (Å²) in [7, 11) is -4.04. The molecule has 0 amide bonds. The lowest BCUT2D eigenvalue weighted by Gasteiger charge is -2.26. The number of halogens is 1. The van der Waals surface area contributed by atoms with Crippen molar-refractivity contribution in [1.82, 2.24) is 9.78 Å². The van der Waals surface area contributed by atoms with E-state index in [1.807, 2.05) is 24.3 Å². The lowest BCUT2D eigenvalue weighted by atomic mass is 10.2. The quantitative estimate of drug-likeness (QED) is 0.726. The number of ether oxygens (including phenoxy) is 2. The van der Waals surface area contributed by atoms with Crippen molar-refractivity contribution in [1.29, 1.82) is 0 Å². The fraction of sp³-hybridized carbons (Fsp3) is 0.167. The molecule has 4 rings (SSSR count). The first-order chi connectivity index (χ1) is 13.0. The van der Waals surface area contributed by atoms with Gasteiger partial charge in [0.1, 0.15) is 17.3 Å². The summed E-state index contributed by atoms with van der Waals surface area (Å²) in [6, 6.07) is 12.5. The number of aromatic nitrogens is 2. The minimum atomic E-state index is -4.04. The van der Waals surface area contributed by atoms with Gasteiger partial charge in [0.2, 0.25) is 0 Å². The van der Waals surface area contributed by atoms with Crippen LogP contribution in [0.3, 0.4) is 0 Å². The number of anilines is 1. The maximum atomic E-state index is 13.8. The normalized spacial score (nSPS) is 16.1. The summed E-state index contributed by atoms with van der Waals surface area (Å²) in [4.78, 5) is -0.418. The second-order valence-electron chi connectivity index (χ2n) is 5.98. The summed E-state index contributed by atoms with van der Waals surface area (Å²) in [6.07, 6.45) is 2.61. The van der Waals surface area contributed by atoms with Gasteiger partial charge in [-0.2, -0.15) is 5.10 Å². The van der Waals surface area contributed by atoms with Gasteiger partial charge in [-0.1, -0.05) is 24.3 Å². The van der Waals surface area contributed by atoms with Crippen LogP contribution < -0.4 is 14.2 Å². The van der Waals surface area contributed by atoms with Gasteiger partial charge in [-0.05, 0) is 24.3 Å². The van der Waals surface area contributed by atoms with Crippen LogP contribution in [0.2, 0.25) is 0 Å². The van der Waals surface area contributed by atoms with E-state index in [2.05, 4.69) is 9.82 Å². The third kappa shape index (κ3) is 3.72. The molecule has 1 aromatic heterocycles. The molecule has 27 heavy (non-hydrogen) atoms. The van der Waals surface area contributed by atoms with E-state index in [9.17, 15) is 12.8 Å². The minimum absolute atomic E-state index is 0.232. The lowest BCUT2D eigenvalue weighted by Crippen LogP contribution is -2.33. The molecule has 1 unspecified atom stereocenters. The highest BCUT2D eigenvalue weighted by molar-refractivity contribution is 7.92. The van der Waals surface area contributed by atoms with Crippen LogP contribution in [-0.2, 0) is 16.6 Å². The highest BCUT2D eigenvalue weighted by Crippen LogP contribution is 2.31. The summed E-state index contributed by atoms with van der Waals surface area (Å²) in [5, 5.41) is 4.13. The van der Waals surface area contributed by atoms with E-state index in [1.54, 1.807) is 4.68 Å². The molecule has 0 bridgehead atoms. The molecule has 2 aromatic carbocycles. The number of sulfonamides is 1. The van der Waals surface area contributed by atoms with Crippen LogP contribution in [0.1, 0.15) is 0 Å². The number of hydrogen-bond acceptors (Lipinski definition) is 5. The van der Waals surface area contributed by atoms with Gasteiger partial charge in [-0.25, -0.2) is 12.8 Å². The Morgan fingerprint density at radius 1 is 1.15 bits per heavy atom. The molecule has 0 saturated carbocycles. The smallest absolute Gasteiger partial charge is 0.264 e. The van der Waals surface area contributed by atoms with Crippen LogP contribution in [0.4, 0.5) is 10.1 Å². The van der Waals surface area contributed by atoms with Crippen molar-refractivity contribution in [2.45, 2.75) is 17.5 Å². The molecule has 1 aliphatic rings. The maximum Gasteiger partial charge on any atom is 0.264 e. The zero-order valence-corrected chi connectivity index (χ0v) is 14.9. The molecule has 140 valence electrons. The molecule has 0 fully saturated rings. The van der Waals surface area contributed by atoms with Gasteiger partial charge < -0.3 is 9.47 Å². The molecular weight excluding hydrogens is 373 g/mol. The van der Waals surface area contributed by atoms with E-state index >= 15 is 0 Å². The van der Waals surface area contributed by atoms with Gasteiger partial charge >= 0.3 is 0 Å². The molecule has 9 heteroatoms. The molecule has 1 aliphatic heterocycles. The molecule has 0 radical (unpaired) electrons. The molecule has 0 saturated heterocycles. The molecule has 1 N–H and O–H groups in total. The second kappa shape index (κ2) is 6.92. The van der Waals surface area contributed by atoms with Gasteiger partial charge in [-0.15, -0.1) is 0 Å². The van der Waals surface area contributed by atoms with E-state index in [0.717, 1.165) is 6.07 Å². The van der Waals surface area contributed by atoms with E-state index in [4.69, 9.17) is 9.47 Å². The van der Waals surface area contributed by atoms with E-state index in [-0.39, 0.29) is 11.8 Å². The summed E-state index contributed by atoms with van der Waals surface area (Å²) in [6.45, 7) is 0.725. The van der Waals surface area contributed by atoms with Crippen molar-refractivity contribution >= 4 is 15.7 Å². The number of nitrogens with one attached hydrogen (secondary N) is 1. The van der Waals surface area contributed by atoms with E-state index in [0.29, 0.717) is 24.7 Å². The predicted octanol–water partition coefficient (Wildman–Crippen LogP) is 2.66. The molecule has 0 spiro atoms. The van der Waals surface area contributed by atoms with Crippen LogP contribution >= 0.6 is 0 Å². The van der Waals surface area contributed by atoms with E-state index < -0.39 is 20.7 Å². The Hall–Kier alpha value is -3.07. The molecule has 2 heterocycles. The second-order valence-corrected chi connectivity index (χ2v) is 7.64. The number of fused-ring (bicyclic) bond motifs is 1. The fourth-order valence-electron chi connectivity index (χ4n) is 2.75. The maximum absolute atomic E-state index is 13.8. The van der Waals surface area contributed by atoms with Crippen LogP contribution in [0, 0.1) is 5.82 Å². The zero-order valence-electron chi connectivity index (χ0n) is 14.1. The summed E-state index contributed by atoms with van der Waals surface area (Å²) in [5.74, 6) is 0.526.